The smallest absolute Gasteiger partial charge is 0.352 e. The number of carbonyl (C=O) groups is 1. The Bertz CT molecular complexity index is 611. The molecule has 18 heavy (non-hydrogen) atoms. The Balaban J connectivity index is 2.86. The first-order chi connectivity index (χ1) is 8.47. The molecule has 0 unspecified atom stereocenters. The van der Waals surface area contributed by atoms with Gasteiger partial charge in [0.25, 0.3) is 0 Å². The molecular formula is C14H17NO3. The molecule has 0 spiro atoms. The van der Waals surface area contributed by atoms with Crippen molar-refractivity contribution in [1.29, 1.82) is 0 Å². The standard InChI is InChI=1S/C14H17NO3/c1-8(2)12-10-6-5-9(18-4)7-11(10)15(3)13(12)14(16)17/h5-8H,1-4H3,(H,16,17). The minimum absolute atomic E-state index is 0.160. The third-order valence-corrected chi connectivity index (χ3v) is 3.23. The number of hydrogen-bond donors (Lipinski definition) is 1. The lowest BCUT2D eigenvalue weighted by Crippen LogP contribution is -2.08. The van der Waals surface area contributed by atoms with Gasteiger partial charge in [0.2, 0.25) is 0 Å². The highest BCUT2D eigenvalue weighted by atomic mass is 16.5. The number of benzene rings is 1. The predicted molar refractivity (Wildman–Crippen MR) is 70.5 cm³/mol. The minimum atomic E-state index is -0.892. The Morgan fingerprint density at radius 3 is 2.56 bits per heavy atom. The van der Waals surface area contributed by atoms with Gasteiger partial charge in [-0.3, -0.25) is 0 Å². The molecule has 96 valence electrons. The molecule has 1 aromatic carbocycles. The zero-order valence-corrected chi connectivity index (χ0v) is 11.0. The van der Waals surface area contributed by atoms with Gasteiger partial charge in [-0.2, -0.15) is 0 Å². The van der Waals surface area contributed by atoms with Crippen molar-refractivity contribution in [2.45, 2.75) is 19.8 Å². The van der Waals surface area contributed by atoms with Crippen LogP contribution in [-0.2, 0) is 7.05 Å². The van der Waals surface area contributed by atoms with Gasteiger partial charge in [0.15, 0.2) is 0 Å². The van der Waals surface area contributed by atoms with Crippen LogP contribution in [-0.4, -0.2) is 22.8 Å². The van der Waals surface area contributed by atoms with Crippen molar-refractivity contribution < 1.29 is 14.6 Å². The highest BCUT2D eigenvalue weighted by Crippen LogP contribution is 2.33. The zero-order chi connectivity index (χ0) is 13.4. The van der Waals surface area contributed by atoms with E-state index < -0.39 is 5.97 Å². The molecule has 0 saturated heterocycles. The van der Waals surface area contributed by atoms with E-state index in [9.17, 15) is 9.90 Å². The van der Waals surface area contributed by atoms with Crippen molar-refractivity contribution in [1.82, 2.24) is 4.57 Å². The van der Waals surface area contributed by atoms with Gasteiger partial charge in [-0.15, -0.1) is 0 Å². The highest BCUT2D eigenvalue weighted by molar-refractivity contribution is 5.99. The first-order valence-corrected chi connectivity index (χ1v) is 5.87. The summed E-state index contributed by atoms with van der Waals surface area (Å²) in [6.45, 7) is 4.01. The van der Waals surface area contributed by atoms with Crippen LogP contribution in [0.1, 0.15) is 35.8 Å². The van der Waals surface area contributed by atoms with E-state index in [4.69, 9.17) is 4.74 Å². The summed E-state index contributed by atoms with van der Waals surface area (Å²) in [5.41, 5.74) is 2.12. The molecule has 0 amide bonds. The van der Waals surface area contributed by atoms with Crippen LogP contribution < -0.4 is 4.74 Å². The van der Waals surface area contributed by atoms with Gasteiger partial charge in [0, 0.05) is 18.5 Å². The summed E-state index contributed by atoms with van der Waals surface area (Å²) in [5, 5.41) is 10.3. The number of methoxy groups -OCH3 is 1. The molecule has 0 saturated carbocycles. The van der Waals surface area contributed by atoms with E-state index in [1.807, 2.05) is 32.0 Å². The Hall–Kier alpha value is -1.97. The van der Waals surface area contributed by atoms with E-state index in [1.165, 1.54) is 0 Å². The van der Waals surface area contributed by atoms with Gasteiger partial charge >= 0.3 is 5.97 Å². The molecule has 2 rings (SSSR count). The summed E-state index contributed by atoms with van der Waals surface area (Å²) in [6.07, 6.45) is 0. The molecule has 0 fully saturated rings. The lowest BCUT2D eigenvalue weighted by atomic mass is 9.99. The van der Waals surface area contributed by atoms with Crippen molar-refractivity contribution in [2.24, 2.45) is 7.05 Å². The summed E-state index contributed by atoms with van der Waals surface area (Å²) >= 11 is 0. The molecule has 0 aliphatic carbocycles. The number of aromatic nitrogens is 1. The Morgan fingerprint density at radius 1 is 1.39 bits per heavy atom. The molecule has 0 aliphatic rings. The average molecular weight is 247 g/mol. The number of aromatic carboxylic acids is 1. The molecule has 0 bridgehead atoms. The first-order valence-electron chi connectivity index (χ1n) is 5.87. The van der Waals surface area contributed by atoms with E-state index in [1.54, 1.807) is 18.7 Å². The van der Waals surface area contributed by atoms with Crippen molar-refractivity contribution in [2.75, 3.05) is 7.11 Å². The zero-order valence-electron chi connectivity index (χ0n) is 11.0. The molecule has 4 heteroatoms. The maximum atomic E-state index is 11.4. The van der Waals surface area contributed by atoms with Crippen LogP contribution >= 0.6 is 0 Å². The summed E-state index contributed by atoms with van der Waals surface area (Å²) < 4.78 is 6.90. The fourth-order valence-corrected chi connectivity index (χ4v) is 2.42. The van der Waals surface area contributed by atoms with Gasteiger partial charge < -0.3 is 14.4 Å². The number of carboxylic acids is 1. The summed E-state index contributed by atoms with van der Waals surface area (Å²) in [5.74, 6) is -0.0000865. The van der Waals surface area contributed by atoms with Crippen LogP contribution in [0.3, 0.4) is 0 Å². The Morgan fingerprint density at radius 2 is 2.06 bits per heavy atom. The predicted octanol–water partition coefficient (Wildman–Crippen LogP) is 3.01. The molecule has 1 aromatic heterocycles. The Kier molecular flexibility index (Phi) is 3.03. The van der Waals surface area contributed by atoms with E-state index in [0.717, 1.165) is 22.2 Å². The van der Waals surface area contributed by atoms with Gasteiger partial charge in [0.1, 0.15) is 11.4 Å². The number of aryl methyl sites for hydroxylation is 1. The van der Waals surface area contributed by atoms with Crippen LogP contribution in [0.4, 0.5) is 0 Å². The van der Waals surface area contributed by atoms with Gasteiger partial charge in [0.05, 0.1) is 12.6 Å². The second kappa shape index (κ2) is 4.37. The van der Waals surface area contributed by atoms with Crippen molar-refractivity contribution in [3.8, 4) is 5.75 Å². The van der Waals surface area contributed by atoms with Crippen molar-refractivity contribution in [3.05, 3.63) is 29.5 Å². The second-order valence-electron chi connectivity index (χ2n) is 4.66. The molecule has 0 aliphatic heterocycles. The van der Waals surface area contributed by atoms with Crippen molar-refractivity contribution >= 4 is 16.9 Å². The summed E-state index contributed by atoms with van der Waals surface area (Å²) in [4.78, 5) is 11.4. The third-order valence-electron chi connectivity index (χ3n) is 3.23. The summed E-state index contributed by atoms with van der Waals surface area (Å²) in [7, 11) is 3.38. The van der Waals surface area contributed by atoms with Crippen LogP contribution in [0.25, 0.3) is 10.9 Å². The summed E-state index contributed by atoms with van der Waals surface area (Å²) in [6, 6.07) is 5.66. The monoisotopic (exact) mass is 247 g/mol. The van der Waals surface area contributed by atoms with Crippen LogP contribution in [0.5, 0.6) is 5.75 Å². The quantitative estimate of drug-likeness (QED) is 0.907. The van der Waals surface area contributed by atoms with Crippen LogP contribution in [0, 0.1) is 0 Å². The SMILES string of the molecule is COc1ccc2c(C(C)C)c(C(=O)O)n(C)c2c1. The van der Waals surface area contributed by atoms with E-state index in [2.05, 4.69) is 0 Å². The number of ether oxygens (including phenoxy) is 1. The fraction of sp³-hybridized carbons (Fsp3) is 0.357. The molecule has 2 aromatic rings. The maximum Gasteiger partial charge on any atom is 0.352 e. The normalized spacial score (nSPS) is 11.2. The molecule has 0 atom stereocenters. The molecule has 1 N–H and O–H groups in total. The topological polar surface area (TPSA) is 51.5 Å². The first kappa shape index (κ1) is 12.5. The van der Waals surface area contributed by atoms with Crippen LogP contribution in [0.2, 0.25) is 0 Å². The third kappa shape index (κ3) is 1.74. The Labute approximate surface area is 106 Å². The number of carboxylic acid groups (broad SMARTS) is 1. The number of hydrogen-bond acceptors (Lipinski definition) is 2. The molecule has 0 radical (unpaired) electrons. The van der Waals surface area contributed by atoms with E-state index >= 15 is 0 Å². The minimum Gasteiger partial charge on any atom is -0.497 e. The number of fused-ring (bicyclic) bond motifs is 1. The highest BCUT2D eigenvalue weighted by Gasteiger charge is 2.22. The lowest BCUT2D eigenvalue weighted by Gasteiger charge is -2.06. The molecule has 1 heterocycles. The average Bonchev–Trinajstić information content (AvgIpc) is 2.62. The largest absolute Gasteiger partial charge is 0.497 e. The van der Waals surface area contributed by atoms with Gasteiger partial charge in [-0.05, 0) is 23.6 Å². The fourth-order valence-electron chi connectivity index (χ4n) is 2.42. The number of rotatable bonds is 3. The van der Waals surface area contributed by atoms with Gasteiger partial charge in [-0.25, -0.2) is 4.79 Å². The maximum absolute atomic E-state index is 11.4. The van der Waals surface area contributed by atoms with Crippen molar-refractivity contribution in [3.63, 3.8) is 0 Å². The second-order valence-corrected chi connectivity index (χ2v) is 4.66. The molecular weight excluding hydrogens is 230 g/mol. The van der Waals surface area contributed by atoms with Gasteiger partial charge in [-0.1, -0.05) is 13.8 Å². The lowest BCUT2D eigenvalue weighted by molar-refractivity contribution is 0.0685. The number of nitrogens with zero attached hydrogens (tertiary/aromatic N) is 1. The van der Waals surface area contributed by atoms with E-state index in [-0.39, 0.29) is 5.92 Å². The molecule has 4 nitrogen and oxygen atoms in total. The van der Waals surface area contributed by atoms with E-state index in [0.29, 0.717) is 5.69 Å². The van der Waals surface area contributed by atoms with Crippen LogP contribution in [0.15, 0.2) is 18.2 Å².